The first-order valence-electron chi connectivity index (χ1n) is 15.6. The van der Waals surface area contributed by atoms with E-state index < -0.39 is 23.3 Å². The molecule has 0 spiro atoms. The molecule has 0 unspecified atom stereocenters. The minimum Gasteiger partial charge on any atom is -1.00 e. The number of aromatic hydroxyl groups is 2. The van der Waals surface area contributed by atoms with Crippen molar-refractivity contribution in [1.82, 2.24) is 20.0 Å². The number of rotatable bonds is 8. The summed E-state index contributed by atoms with van der Waals surface area (Å²) < 4.78 is 8.29. The second-order valence-corrected chi connectivity index (χ2v) is 11.6. The Bertz CT molecular complexity index is 2290. The number of hydrogen-bond donors (Lipinski definition) is 4. The fourth-order valence-electron chi connectivity index (χ4n) is 5.78. The lowest BCUT2D eigenvalue weighted by Crippen LogP contribution is -3.00. The van der Waals surface area contributed by atoms with E-state index in [-0.39, 0.29) is 28.1 Å². The highest BCUT2D eigenvalue weighted by Gasteiger charge is 2.21. The molecule has 12 nitrogen and oxygen atoms in total. The number of carbonyl (C=O) groups excluding carboxylic acids is 2. The predicted octanol–water partition coefficient (Wildman–Crippen LogP) is 1.12. The number of nitrogens with one attached hydrogen (secondary N) is 2. The number of amides is 2. The van der Waals surface area contributed by atoms with Gasteiger partial charge < -0.3 is 27.2 Å². The predicted molar refractivity (Wildman–Crippen MR) is 188 cm³/mol. The molecule has 7 rings (SSSR count). The lowest BCUT2D eigenvalue weighted by atomic mass is 10.1. The summed E-state index contributed by atoms with van der Waals surface area (Å²) in [6.45, 7) is 0. The molecule has 0 aliphatic rings. The summed E-state index contributed by atoms with van der Waals surface area (Å²) in [6, 6.07) is 29.7. The average Bonchev–Trinajstić information content (AvgIpc) is 3.66. The van der Waals surface area contributed by atoms with E-state index in [1.54, 1.807) is 0 Å². The van der Waals surface area contributed by atoms with Gasteiger partial charge in [-0.05, 0) is 59.7 Å². The molecular weight excluding hydrogens is 712 g/mol. The standard InChI is InChI=1S/C38H30N8O4.BrH/c1-43-31(23-45-19-5-3-7-33(43)45)27-13-9-25(10-14-27)21-39-41-37(49)29-17-18-30(36(48)35(29)47)38(50)42-40-22-26-11-15-28(16-12-26)32-24-46-20-6-4-8-34(46)44(32)2;/h3-24H,1-2H3,(H2-2,41,42,47,48,49,50);1H/p+1. The SMILES string of the molecule is Cn1c(-c2ccc(C=NNC(=O)c3ccc(C(=O)NN=Cc4ccc(-c5c[n+]6ccccc6n5C)cc4)c(O)c3O)cc2)c[n+]2ccccc12.[Br-]. The number of aromatic nitrogens is 4. The van der Waals surface area contributed by atoms with Gasteiger partial charge in [-0.25, -0.2) is 28.8 Å². The van der Waals surface area contributed by atoms with Crippen LogP contribution >= 0.6 is 0 Å². The van der Waals surface area contributed by atoms with Gasteiger partial charge in [-0.2, -0.15) is 10.2 Å². The molecule has 254 valence electrons. The number of aryl methyl sites for hydroxylation is 2. The lowest BCUT2D eigenvalue weighted by Gasteiger charge is -2.09. The van der Waals surface area contributed by atoms with Crippen molar-refractivity contribution in [3.05, 3.63) is 144 Å². The van der Waals surface area contributed by atoms with Gasteiger partial charge in [0.05, 0.1) is 50.0 Å². The summed E-state index contributed by atoms with van der Waals surface area (Å²) in [6.07, 6.45) is 11.0. The minimum atomic E-state index is -0.770. The third kappa shape index (κ3) is 6.82. The number of hydrogen-bond acceptors (Lipinski definition) is 6. The summed E-state index contributed by atoms with van der Waals surface area (Å²) in [5.74, 6) is -3.05. The Labute approximate surface area is 302 Å². The molecule has 2 amide bonds. The van der Waals surface area contributed by atoms with Gasteiger partial charge in [-0.15, -0.1) is 0 Å². The highest BCUT2D eigenvalue weighted by atomic mass is 79.9. The average molecular weight is 745 g/mol. The molecule has 0 fully saturated rings. The molecule has 13 heteroatoms. The van der Waals surface area contributed by atoms with Gasteiger partial charge in [-0.3, -0.25) is 9.59 Å². The van der Waals surface area contributed by atoms with Crippen molar-refractivity contribution in [3.63, 3.8) is 0 Å². The van der Waals surface area contributed by atoms with Crippen molar-refractivity contribution in [3.8, 4) is 34.0 Å². The Kier molecular flexibility index (Phi) is 9.73. The molecule has 0 aliphatic carbocycles. The number of pyridine rings is 2. The third-order valence-corrected chi connectivity index (χ3v) is 8.48. The number of nitrogens with zero attached hydrogens (tertiary/aromatic N) is 6. The van der Waals surface area contributed by atoms with Gasteiger partial charge >= 0.3 is 0 Å². The monoisotopic (exact) mass is 743 g/mol. The molecule has 4 aromatic heterocycles. The zero-order valence-electron chi connectivity index (χ0n) is 27.5. The number of imidazole rings is 2. The number of hydrazone groups is 2. The van der Waals surface area contributed by atoms with Crippen molar-refractivity contribution >= 4 is 35.5 Å². The van der Waals surface area contributed by atoms with Crippen LogP contribution < -0.4 is 36.6 Å². The smallest absolute Gasteiger partial charge is 0.286 e. The molecule has 0 aliphatic heterocycles. The van der Waals surface area contributed by atoms with Crippen LogP contribution in [-0.2, 0) is 14.1 Å². The molecular formula is C38H32BrN8O4+. The van der Waals surface area contributed by atoms with Crippen LogP contribution in [0.2, 0.25) is 0 Å². The van der Waals surface area contributed by atoms with Crippen LogP contribution in [0.1, 0.15) is 31.8 Å². The third-order valence-electron chi connectivity index (χ3n) is 8.48. The van der Waals surface area contributed by atoms with E-state index in [0.29, 0.717) is 0 Å². The topological polar surface area (TPSA) is 141 Å². The molecule has 0 radical (unpaired) electrons. The van der Waals surface area contributed by atoms with Crippen LogP contribution in [0.15, 0.2) is 132 Å². The van der Waals surface area contributed by atoms with Crippen LogP contribution in [0, 0.1) is 0 Å². The zero-order valence-corrected chi connectivity index (χ0v) is 29.1. The first-order chi connectivity index (χ1) is 24.3. The van der Waals surface area contributed by atoms with Crippen molar-refractivity contribution in [2.45, 2.75) is 0 Å². The molecule has 0 atom stereocenters. The van der Waals surface area contributed by atoms with Gasteiger partial charge in [0, 0.05) is 23.3 Å². The number of halogens is 1. The Morgan fingerprint density at radius 1 is 0.608 bits per heavy atom. The van der Waals surface area contributed by atoms with Crippen LogP contribution in [0.25, 0.3) is 33.8 Å². The van der Waals surface area contributed by atoms with Crippen molar-refractivity contribution in [1.29, 1.82) is 0 Å². The minimum absolute atomic E-state index is 0. The van der Waals surface area contributed by atoms with E-state index in [0.717, 1.165) is 44.9 Å². The second-order valence-electron chi connectivity index (χ2n) is 11.6. The van der Waals surface area contributed by atoms with Crippen LogP contribution in [0.5, 0.6) is 11.5 Å². The van der Waals surface area contributed by atoms with E-state index in [4.69, 9.17) is 0 Å². The molecule has 3 aromatic carbocycles. The maximum atomic E-state index is 12.7. The number of phenols is 2. The molecule has 4 heterocycles. The molecule has 0 saturated heterocycles. The van der Waals surface area contributed by atoms with Crippen LogP contribution in [-0.4, -0.2) is 43.6 Å². The van der Waals surface area contributed by atoms with Crippen molar-refractivity contribution < 1.29 is 45.6 Å². The Balaban J connectivity index is 0.00000448. The first-order valence-corrected chi connectivity index (χ1v) is 15.6. The van der Waals surface area contributed by atoms with Gasteiger partial charge in [-0.1, -0.05) is 36.4 Å². The maximum Gasteiger partial charge on any atom is 0.286 e. The summed E-state index contributed by atoms with van der Waals surface area (Å²) >= 11 is 0. The van der Waals surface area contributed by atoms with Gasteiger partial charge in [0.25, 0.3) is 23.1 Å². The molecule has 51 heavy (non-hydrogen) atoms. The summed E-state index contributed by atoms with van der Waals surface area (Å²) in [4.78, 5) is 25.5. The number of carbonyl (C=O) groups is 2. The second kappa shape index (κ2) is 14.5. The van der Waals surface area contributed by atoms with Crippen molar-refractivity contribution in [2.75, 3.05) is 0 Å². The Morgan fingerprint density at radius 3 is 1.37 bits per heavy atom. The number of phenolic OH excluding ortho intramolecular Hbond substituents is 2. The molecule has 0 saturated carbocycles. The van der Waals surface area contributed by atoms with Gasteiger partial charge in [0.2, 0.25) is 0 Å². The summed E-state index contributed by atoms with van der Waals surface area (Å²) in [7, 11) is 4.01. The fourth-order valence-corrected chi connectivity index (χ4v) is 5.78. The van der Waals surface area contributed by atoms with Crippen LogP contribution in [0.3, 0.4) is 0 Å². The first kappa shape index (κ1) is 34.3. The van der Waals surface area contributed by atoms with Crippen molar-refractivity contribution in [2.24, 2.45) is 24.3 Å². The molecule has 7 aromatic rings. The maximum absolute atomic E-state index is 12.7. The lowest BCUT2D eigenvalue weighted by molar-refractivity contribution is -0.510. The summed E-state index contributed by atoms with van der Waals surface area (Å²) in [5.41, 5.74) is 11.8. The van der Waals surface area contributed by atoms with E-state index in [1.165, 1.54) is 24.6 Å². The summed E-state index contributed by atoms with van der Waals surface area (Å²) in [5, 5.41) is 29.0. The largest absolute Gasteiger partial charge is 1.00 e. The molecule has 4 N–H and O–H groups in total. The fraction of sp³-hybridized carbons (Fsp3) is 0.0526. The zero-order chi connectivity index (χ0) is 34.8. The Morgan fingerprint density at radius 2 is 1.00 bits per heavy atom. The number of fused-ring (bicyclic) bond motifs is 2. The normalized spacial score (nSPS) is 11.3. The van der Waals surface area contributed by atoms with Gasteiger partial charge in [0.15, 0.2) is 22.9 Å². The van der Waals surface area contributed by atoms with E-state index >= 15 is 0 Å². The molecule has 0 bridgehead atoms. The van der Waals surface area contributed by atoms with E-state index in [1.807, 2.05) is 120 Å². The van der Waals surface area contributed by atoms with Gasteiger partial charge in [0.1, 0.15) is 12.4 Å². The van der Waals surface area contributed by atoms with E-state index in [2.05, 4.69) is 42.6 Å². The highest BCUT2D eigenvalue weighted by Crippen LogP contribution is 2.32. The Hall–Kier alpha value is -6.60. The van der Waals surface area contributed by atoms with E-state index in [9.17, 15) is 19.8 Å². The highest BCUT2D eigenvalue weighted by molar-refractivity contribution is 6.03. The van der Waals surface area contributed by atoms with Crippen LogP contribution in [0.4, 0.5) is 0 Å². The quantitative estimate of drug-likeness (QED) is 0.0802. The number of benzene rings is 3.